The number of halogens is 1. The fourth-order valence-corrected chi connectivity index (χ4v) is 4.32. The molecule has 3 rings (SSSR count). The summed E-state index contributed by atoms with van der Waals surface area (Å²) < 4.78 is 1.09. The summed E-state index contributed by atoms with van der Waals surface area (Å²) in [5, 5.41) is 3.24. The van der Waals surface area contributed by atoms with E-state index in [1.807, 2.05) is 6.07 Å². The lowest BCUT2D eigenvalue weighted by Gasteiger charge is -2.22. The van der Waals surface area contributed by atoms with Gasteiger partial charge in [-0.3, -0.25) is 4.79 Å². The van der Waals surface area contributed by atoms with Crippen LogP contribution in [0.25, 0.3) is 0 Å². The molecule has 0 spiro atoms. The average Bonchev–Trinajstić information content (AvgIpc) is 2.77. The Morgan fingerprint density at radius 1 is 1.33 bits per heavy atom. The molecule has 4 heteroatoms. The van der Waals surface area contributed by atoms with E-state index in [4.69, 9.17) is 0 Å². The molecule has 0 aromatic heterocycles. The van der Waals surface area contributed by atoms with E-state index in [0.29, 0.717) is 12.3 Å². The van der Waals surface area contributed by atoms with Gasteiger partial charge in [0.15, 0.2) is 0 Å². The first-order valence-electron chi connectivity index (χ1n) is 7.94. The lowest BCUT2D eigenvalue weighted by atomic mass is 9.87. The molecule has 0 radical (unpaired) electrons. The third kappa shape index (κ3) is 3.25. The van der Waals surface area contributed by atoms with E-state index < -0.39 is 0 Å². The molecule has 1 aliphatic heterocycles. The molecule has 1 aromatic rings. The van der Waals surface area contributed by atoms with Crippen LogP contribution in [0.1, 0.15) is 50.1 Å². The maximum absolute atomic E-state index is 12.4. The van der Waals surface area contributed by atoms with E-state index >= 15 is 0 Å². The van der Waals surface area contributed by atoms with E-state index in [0.717, 1.165) is 11.0 Å². The molecule has 1 unspecified atom stereocenters. The number of nitrogens with zero attached hydrogens (tertiary/aromatic N) is 1. The van der Waals surface area contributed by atoms with Crippen LogP contribution in [0.5, 0.6) is 0 Å². The summed E-state index contributed by atoms with van der Waals surface area (Å²) in [5.74, 6) is 0.806. The lowest BCUT2D eigenvalue weighted by Crippen LogP contribution is -2.33. The maximum Gasteiger partial charge on any atom is 0.220 e. The van der Waals surface area contributed by atoms with Crippen LogP contribution in [0, 0.1) is 5.92 Å². The first-order valence-corrected chi connectivity index (χ1v) is 8.73. The number of benzene rings is 1. The molecule has 1 amide bonds. The molecule has 1 aromatic carbocycles. The highest BCUT2D eigenvalue weighted by Gasteiger charge is 2.30. The lowest BCUT2D eigenvalue weighted by molar-refractivity contribution is -0.122. The normalized spacial score (nSPS) is 22.2. The van der Waals surface area contributed by atoms with Gasteiger partial charge in [-0.2, -0.15) is 0 Å². The van der Waals surface area contributed by atoms with E-state index in [-0.39, 0.29) is 11.9 Å². The summed E-state index contributed by atoms with van der Waals surface area (Å²) in [6, 6.07) is 6.33. The number of amides is 1. The van der Waals surface area contributed by atoms with Gasteiger partial charge >= 0.3 is 0 Å². The van der Waals surface area contributed by atoms with Crippen LogP contribution in [0.2, 0.25) is 0 Å². The molecule has 1 saturated carbocycles. The zero-order valence-corrected chi connectivity index (χ0v) is 14.2. The van der Waals surface area contributed by atoms with E-state index in [1.54, 1.807) is 0 Å². The van der Waals surface area contributed by atoms with Crippen molar-refractivity contribution in [1.82, 2.24) is 5.32 Å². The molecule has 1 aliphatic carbocycles. The minimum absolute atomic E-state index is 0.108. The van der Waals surface area contributed by atoms with Crippen LogP contribution >= 0.6 is 15.9 Å². The summed E-state index contributed by atoms with van der Waals surface area (Å²) in [6.07, 6.45) is 7.05. The standard InChI is InChI=1S/C17H23BrN2O/c1-20-11-14(17-13(18)8-5-9-15(17)20)19-16(21)10-12-6-3-2-4-7-12/h5,8-9,12,14H,2-4,6-7,10-11H2,1H3,(H,19,21). The highest BCUT2D eigenvalue weighted by molar-refractivity contribution is 9.10. The van der Waals surface area contributed by atoms with Crippen molar-refractivity contribution in [2.75, 3.05) is 18.5 Å². The Bertz CT molecular complexity index is 526. The van der Waals surface area contributed by atoms with Crippen LogP contribution in [0.3, 0.4) is 0 Å². The largest absolute Gasteiger partial charge is 0.372 e. The minimum Gasteiger partial charge on any atom is -0.372 e. The monoisotopic (exact) mass is 350 g/mol. The number of hydrogen-bond donors (Lipinski definition) is 1. The van der Waals surface area contributed by atoms with Crippen molar-refractivity contribution >= 4 is 27.5 Å². The van der Waals surface area contributed by atoms with Crippen molar-refractivity contribution in [2.24, 2.45) is 5.92 Å². The Morgan fingerprint density at radius 2 is 2.10 bits per heavy atom. The van der Waals surface area contributed by atoms with Gasteiger partial charge in [0.25, 0.3) is 0 Å². The van der Waals surface area contributed by atoms with Gasteiger partial charge in [0.1, 0.15) is 0 Å². The number of rotatable bonds is 3. The Labute approximate surface area is 135 Å². The summed E-state index contributed by atoms with van der Waals surface area (Å²) >= 11 is 3.63. The van der Waals surface area contributed by atoms with Crippen LogP contribution in [-0.2, 0) is 4.79 Å². The average molecular weight is 351 g/mol. The molecular formula is C17H23BrN2O. The molecule has 0 saturated heterocycles. The van der Waals surface area contributed by atoms with Gasteiger partial charge in [-0.05, 0) is 30.9 Å². The predicted molar refractivity (Wildman–Crippen MR) is 89.5 cm³/mol. The SMILES string of the molecule is CN1CC(NC(=O)CC2CCCCC2)c2c(Br)cccc21. The number of carbonyl (C=O) groups is 1. The molecular weight excluding hydrogens is 328 g/mol. The number of hydrogen-bond acceptors (Lipinski definition) is 2. The predicted octanol–water partition coefficient (Wildman–Crippen LogP) is 4.03. The minimum atomic E-state index is 0.108. The topological polar surface area (TPSA) is 32.3 Å². The third-order valence-corrected chi connectivity index (χ3v) is 5.47. The van der Waals surface area contributed by atoms with Crippen molar-refractivity contribution in [1.29, 1.82) is 0 Å². The Morgan fingerprint density at radius 3 is 2.86 bits per heavy atom. The Hall–Kier alpha value is -1.03. The van der Waals surface area contributed by atoms with Gasteiger partial charge < -0.3 is 10.2 Å². The zero-order valence-electron chi connectivity index (χ0n) is 12.6. The van der Waals surface area contributed by atoms with E-state index in [2.05, 4.69) is 45.3 Å². The van der Waals surface area contributed by atoms with Crippen molar-refractivity contribution in [3.8, 4) is 0 Å². The second-order valence-corrected chi connectivity index (χ2v) is 7.24. The zero-order chi connectivity index (χ0) is 14.8. The summed E-state index contributed by atoms with van der Waals surface area (Å²) in [4.78, 5) is 14.6. The molecule has 2 aliphatic rings. The summed E-state index contributed by atoms with van der Waals surface area (Å²) in [6.45, 7) is 0.856. The molecule has 21 heavy (non-hydrogen) atoms. The smallest absolute Gasteiger partial charge is 0.220 e. The molecule has 1 heterocycles. The molecule has 1 fully saturated rings. The van der Waals surface area contributed by atoms with Gasteiger partial charge in [-0.15, -0.1) is 0 Å². The van der Waals surface area contributed by atoms with Crippen molar-refractivity contribution < 1.29 is 4.79 Å². The molecule has 1 N–H and O–H groups in total. The van der Waals surface area contributed by atoms with Crippen LogP contribution in [0.4, 0.5) is 5.69 Å². The van der Waals surface area contributed by atoms with Gasteiger partial charge in [0, 0.05) is 35.7 Å². The van der Waals surface area contributed by atoms with Crippen LogP contribution in [-0.4, -0.2) is 19.5 Å². The highest BCUT2D eigenvalue weighted by Crippen LogP contribution is 2.38. The molecule has 0 bridgehead atoms. The number of likely N-dealkylation sites (N-methyl/N-ethyl adjacent to an activating group) is 1. The van der Waals surface area contributed by atoms with Crippen LogP contribution in [0.15, 0.2) is 22.7 Å². The summed E-state index contributed by atoms with van der Waals surface area (Å²) in [5.41, 5.74) is 2.43. The maximum atomic E-state index is 12.4. The van der Waals surface area contributed by atoms with Gasteiger partial charge in [-0.25, -0.2) is 0 Å². The molecule has 1 atom stereocenters. The van der Waals surface area contributed by atoms with E-state index in [9.17, 15) is 4.79 Å². The fraction of sp³-hybridized carbons (Fsp3) is 0.588. The third-order valence-electron chi connectivity index (χ3n) is 4.78. The van der Waals surface area contributed by atoms with Crippen molar-refractivity contribution in [3.05, 3.63) is 28.2 Å². The Balaban J connectivity index is 1.65. The summed E-state index contributed by atoms with van der Waals surface area (Å²) in [7, 11) is 2.08. The molecule has 3 nitrogen and oxygen atoms in total. The van der Waals surface area contributed by atoms with Crippen molar-refractivity contribution in [3.63, 3.8) is 0 Å². The first-order chi connectivity index (χ1) is 10.1. The second-order valence-electron chi connectivity index (χ2n) is 6.38. The van der Waals surface area contributed by atoms with Crippen molar-refractivity contribution in [2.45, 2.75) is 44.6 Å². The first kappa shape index (κ1) is 14.9. The molecule has 114 valence electrons. The second kappa shape index (κ2) is 6.39. The fourth-order valence-electron chi connectivity index (χ4n) is 3.69. The highest BCUT2D eigenvalue weighted by atomic mass is 79.9. The van der Waals surface area contributed by atoms with Gasteiger partial charge in [-0.1, -0.05) is 41.3 Å². The van der Waals surface area contributed by atoms with Gasteiger partial charge in [0.05, 0.1) is 6.04 Å². The quantitative estimate of drug-likeness (QED) is 0.892. The number of anilines is 1. The van der Waals surface area contributed by atoms with E-state index in [1.165, 1.54) is 43.4 Å². The number of fused-ring (bicyclic) bond motifs is 1. The number of nitrogens with one attached hydrogen (secondary N) is 1. The van der Waals surface area contributed by atoms with Gasteiger partial charge in [0.2, 0.25) is 5.91 Å². The Kier molecular flexibility index (Phi) is 4.53. The van der Waals surface area contributed by atoms with Crippen LogP contribution < -0.4 is 10.2 Å². The number of carbonyl (C=O) groups excluding carboxylic acids is 1.